The number of amides is 2. The van der Waals surface area contributed by atoms with Crippen molar-refractivity contribution >= 4 is 35.0 Å². The number of nitrogens with zero attached hydrogens (tertiary/aromatic N) is 2. The van der Waals surface area contributed by atoms with Crippen LogP contribution in [0.3, 0.4) is 0 Å². The summed E-state index contributed by atoms with van der Waals surface area (Å²) in [5.41, 5.74) is 4.49. The van der Waals surface area contributed by atoms with Crippen LogP contribution in [0.2, 0.25) is 0 Å². The zero-order valence-electron chi connectivity index (χ0n) is 18.3. The average molecular weight is 439 g/mol. The molecule has 31 heavy (non-hydrogen) atoms. The quantitative estimate of drug-likeness (QED) is 0.496. The van der Waals surface area contributed by atoms with E-state index in [0.717, 1.165) is 22.6 Å². The zero-order chi connectivity index (χ0) is 22.5. The van der Waals surface area contributed by atoms with Crippen molar-refractivity contribution in [1.29, 1.82) is 0 Å². The van der Waals surface area contributed by atoms with E-state index in [-0.39, 0.29) is 17.7 Å². The lowest BCUT2D eigenvalue weighted by molar-refractivity contribution is -0.118. The van der Waals surface area contributed by atoms with Crippen LogP contribution in [0.5, 0.6) is 0 Å². The van der Waals surface area contributed by atoms with Crippen LogP contribution in [-0.2, 0) is 10.5 Å². The summed E-state index contributed by atoms with van der Waals surface area (Å²) in [5.74, 6) is 0.903. The Morgan fingerprint density at radius 3 is 2.58 bits per heavy atom. The van der Waals surface area contributed by atoms with E-state index in [9.17, 15) is 9.59 Å². The van der Waals surface area contributed by atoms with E-state index < -0.39 is 0 Å². The molecule has 7 nitrogen and oxygen atoms in total. The first-order chi connectivity index (χ1) is 14.8. The molecule has 0 bridgehead atoms. The number of aromatic nitrogens is 2. The minimum Gasteiger partial charge on any atom is -0.361 e. The molecule has 0 unspecified atom stereocenters. The Labute approximate surface area is 186 Å². The van der Waals surface area contributed by atoms with E-state index in [1.807, 2.05) is 46.8 Å². The van der Waals surface area contributed by atoms with Crippen molar-refractivity contribution < 1.29 is 14.1 Å². The highest BCUT2D eigenvalue weighted by molar-refractivity contribution is 7.98. The number of carbonyl (C=O) groups is 2. The van der Waals surface area contributed by atoms with Gasteiger partial charge >= 0.3 is 0 Å². The van der Waals surface area contributed by atoms with E-state index in [1.54, 1.807) is 24.4 Å². The summed E-state index contributed by atoms with van der Waals surface area (Å²) in [4.78, 5) is 29.4. The molecule has 2 N–H and O–H groups in total. The first-order valence-corrected chi connectivity index (χ1v) is 11.0. The molecule has 0 aliphatic heterocycles. The lowest BCUT2D eigenvalue weighted by atomic mass is 10.1. The molecule has 1 aromatic carbocycles. The van der Waals surface area contributed by atoms with Gasteiger partial charge in [-0.2, -0.15) is 0 Å². The molecule has 0 radical (unpaired) electrons. The fourth-order valence-corrected chi connectivity index (χ4v) is 3.98. The Bertz CT molecular complexity index is 1090. The average Bonchev–Trinajstić information content (AvgIpc) is 3.06. The summed E-state index contributed by atoms with van der Waals surface area (Å²) in [6.07, 6.45) is 1.67. The van der Waals surface area contributed by atoms with Gasteiger partial charge < -0.3 is 15.2 Å². The maximum Gasteiger partial charge on any atom is 0.258 e. The summed E-state index contributed by atoms with van der Waals surface area (Å²) < 4.78 is 5.21. The molecule has 0 aliphatic carbocycles. The zero-order valence-corrected chi connectivity index (χ0v) is 19.1. The molecule has 0 saturated carbocycles. The van der Waals surface area contributed by atoms with E-state index >= 15 is 0 Å². The van der Waals surface area contributed by atoms with Gasteiger partial charge in [-0.3, -0.25) is 9.59 Å². The highest BCUT2D eigenvalue weighted by Crippen LogP contribution is 2.28. The predicted octanol–water partition coefficient (Wildman–Crippen LogP) is 5.13. The third-order valence-corrected chi connectivity index (χ3v) is 5.86. The van der Waals surface area contributed by atoms with Crippen LogP contribution >= 0.6 is 11.8 Å². The summed E-state index contributed by atoms with van der Waals surface area (Å²) in [6, 6.07) is 8.93. The SMILES string of the molecule is Cc1ccc(NC(=O)C(C)C)cc1NC(=O)c1cccnc1SCc1c(C)noc1C. The minimum absolute atomic E-state index is 0.0774. The molecular weight excluding hydrogens is 412 g/mol. The number of nitrogens with one attached hydrogen (secondary N) is 2. The van der Waals surface area contributed by atoms with Gasteiger partial charge in [-0.1, -0.05) is 25.1 Å². The van der Waals surface area contributed by atoms with Gasteiger partial charge in [0.25, 0.3) is 5.91 Å². The third-order valence-electron chi connectivity index (χ3n) is 4.83. The summed E-state index contributed by atoms with van der Waals surface area (Å²) in [6.45, 7) is 9.33. The van der Waals surface area contributed by atoms with Crippen molar-refractivity contribution in [2.24, 2.45) is 5.92 Å². The van der Waals surface area contributed by atoms with Gasteiger partial charge in [0.05, 0.1) is 11.3 Å². The van der Waals surface area contributed by atoms with E-state index in [0.29, 0.717) is 27.7 Å². The van der Waals surface area contributed by atoms with Crippen molar-refractivity contribution in [3.63, 3.8) is 0 Å². The monoisotopic (exact) mass is 438 g/mol. The van der Waals surface area contributed by atoms with Crippen molar-refractivity contribution in [3.8, 4) is 0 Å². The Morgan fingerprint density at radius 2 is 1.90 bits per heavy atom. The molecule has 8 heteroatoms. The second-order valence-corrected chi connectivity index (χ2v) is 8.54. The number of carbonyl (C=O) groups excluding carboxylic acids is 2. The molecule has 2 amide bonds. The van der Waals surface area contributed by atoms with Gasteiger partial charge in [-0.25, -0.2) is 4.98 Å². The van der Waals surface area contributed by atoms with Crippen LogP contribution in [0.4, 0.5) is 11.4 Å². The molecule has 0 aliphatic rings. The Kier molecular flexibility index (Phi) is 7.12. The minimum atomic E-state index is -0.259. The first-order valence-electron chi connectivity index (χ1n) is 9.98. The molecule has 0 fully saturated rings. The third kappa shape index (κ3) is 5.52. The molecule has 0 atom stereocenters. The van der Waals surface area contributed by atoms with Crippen LogP contribution < -0.4 is 10.6 Å². The van der Waals surface area contributed by atoms with Gasteiger partial charge in [-0.05, 0) is 50.6 Å². The van der Waals surface area contributed by atoms with Gasteiger partial charge in [0, 0.05) is 34.8 Å². The van der Waals surface area contributed by atoms with Crippen molar-refractivity contribution in [1.82, 2.24) is 10.1 Å². The number of rotatable bonds is 7. The van der Waals surface area contributed by atoms with E-state index in [2.05, 4.69) is 20.8 Å². The number of hydrogen-bond donors (Lipinski definition) is 2. The number of anilines is 2. The van der Waals surface area contributed by atoms with E-state index in [1.165, 1.54) is 11.8 Å². The Balaban J connectivity index is 1.77. The number of pyridine rings is 1. The molecular formula is C23H26N4O3S. The number of thioether (sulfide) groups is 1. The summed E-state index contributed by atoms with van der Waals surface area (Å²) in [5, 5.41) is 10.4. The normalized spacial score (nSPS) is 10.9. The molecule has 3 aromatic rings. The van der Waals surface area contributed by atoms with Crippen molar-refractivity contribution in [2.75, 3.05) is 10.6 Å². The maximum atomic E-state index is 13.0. The van der Waals surface area contributed by atoms with Crippen LogP contribution in [0, 0.1) is 26.7 Å². The van der Waals surface area contributed by atoms with Gasteiger partial charge in [0.2, 0.25) is 5.91 Å². The predicted molar refractivity (Wildman–Crippen MR) is 122 cm³/mol. The van der Waals surface area contributed by atoms with Crippen LogP contribution in [0.15, 0.2) is 46.1 Å². The Morgan fingerprint density at radius 1 is 1.13 bits per heavy atom. The molecule has 3 rings (SSSR count). The highest BCUT2D eigenvalue weighted by atomic mass is 32.2. The van der Waals surface area contributed by atoms with Crippen LogP contribution in [0.25, 0.3) is 0 Å². The second kappa shape index (κ2) is 9.78. The number of hydrogen-bond acceptors (Lipinski definition) is 6. The fraction of sp³-hybridized carbons (Fsp3) is 0.304. The molecule has 162 valence electrons. The van der Waals surface area contributed by atoms with Gasteiger partial charge in [-0.15, -0.1) is 11.8 Å². The van der Waals surface area contributed by atoms with Gasteiger partial charge in [0.1, 0.15) is 10.8 Å². The first kappa shape index (κ1) is 22.6. The standard InChI is InChI=1S/C23H26N4O3S/c1-13(2)21(28)25-17-9-8-14(3)20(11-17)26-22(29)18-7-6-10-24-23(18)31-12-19-15(4)27-30-16(19)5/h6-11,13H,12H2,1-5H3,(H,25,28)(H,26,29). The lowest BCUT2D eigenvalue weighted by Crippen LogP contribution is -2.18. The van der Waals surface area contributed by atoms with E-state index in [4.69, 9.17) is 4.52 Å². The smallest absolute Gasteiger partial charge is 0.258 e. The summed E-state index contributed by atoms with van der Waals surface area (Å²) in [7, 11) is 0. The number of benzene rings is 1. The summed E-state index contributed by atoms with van der Waals surface area (Å²) >= 11 is 1.46. The fourth-order valence-electron chi connectivity index (χ4n) is 2.84. The van der Waals surface area contributed by atoms with Crippen LogP contribution in [0.1, 0.15) is 46.8 Å². The molecule has 2 aromatic heterocycles. The van der Waals surface area contributed by atoms with Crippen LogP contribution in [-0.4, -0.2) is 22.0 Å². The Hall–Kier alpha value is -3.13. The molecule has 0 spiro atoms. The van der Waals surface area contributed by atoms with Gasteiger partial charge in [0.15, 0.2) is 0 Å². The van der Waals surface area contributed by atoms with Crippen molar-refractivity contribution in [3.05, 3.63) is 64.7 Å². The maximum absolute atomic E-state index is 13.0. The highest BCUT2D eigenvalue weighted by Gasteiger charge is 2.17. The largest absolute Gasteiger partial charge is 0.361 e. The molecule has 0 saturated heterocycles. The lowest BCUT2D eigenvalue weighted by Gasteiger charge is -2.13. The van der Waals surface area contributed by atoms with Crippen molar-refractivity contribution in [2.45, 2.75) is 45.4 Å². The molecule has 2 heterocycles. The number of aryl methyl sites for hydroxylation is 3. The topological polar surface area (TPSA) is 97.1 Å². The second-order valence-electron chi connectivity index (χ2n) is 7.58.